The van der Waals surface area contributed by atoms with Crippen molar-refractivity contribution < 1.29 is 0 Å². The first kappa shape index (κ1) is 11.9. The number of rotatable bonds is 4. The van der Waals surface area contributed by atoms with Gasteiger partial charge in [-0.1, -0.05) is 0 Å². The molecule has 0 radical (unpaired) electrons. The van der Waals surface area contributed by atoms with Crippen LogP contribution in [-0.2, 0) is 12.8 Å². The Kier molecular flexibility index (Phi) is 3.04. The topological polar surface area (TPSA) is 106 Å². The van der Waals surface area contributed by atoms with Crippen molar-refractivity contribution in [1.29, 1.82) is 0 Å². The summed E-state index contributed by atoms with van der Waals surface area (Å²) in [5, 5.41) is 2.62. The van der Waals surface area contributed by atoms with Gasteiger partial charge in [0.1, 0.15) is 11.6 Å². The van der Waals surface area contributed by atoms with Crippen LogP contribution in [0.3, 0.4) is 0 Å². The molecule has 3 aromatic heterocycles. The maximum atomic E-state index is 5.63. The molecule has 0 aromatic carbocycles. The Bertz CT molecular complexity index is 701. The molecule has 3 rings (SSSR count). The predicted molar refractivity (Wildman–Crippen MR) is 76.9 cm³/mol. The average Bonchev–Trinajstić information content (AvgIpc) is 2.95. The summed E-state index contributed by atoms with van der Waals surface area (Å²) < 4.78 is 0. The van der Waals surface area contributed by atoms with E-state index in [1.807, 2.05) is 11.4 Å². The molecule has 3 aromatic rings. The van der Waals surface area contributed by atoms with Crippen LogP contribution in [0.15, 0.2) is 17.5 Å². The zero-order valence-corrected chi connectivity index (χ0v) is 11.1. The number of H-pyrrole nitrogens is 1. The fourth-order valence-electron chi connectivity index (χ4n) is 1.95. The number of fused-ring (bicyclic) bond motifs is 1. The van der Waals surface area contributed by atoms with Gasteiger partial charge in [0.05, 0.1) is 11.2 Å². The summed E-state index contributed by atoms with van der Waals surface area (Å²) in [6, 6.07) is 3.66. The number of imidazole rings is 1. The van der Waals surface area contributed by atoms with Crippen LogP contribution in [0.1, 0.15) is 17.9 Å². The van der Waals surface area contributed by atoms with Crippen LogP contribution >= 0.6 is 11.3 Å². The number of pyridine rings is 1. The molecule has 0 saturated heterocycles. The molecule has 5 N–H and O–H groups in total. The fourth-order valence-corrected chi connectivity index (χ4v) is 2.55. The summed E-state index contributed by atoms with van der Waals surface area (Å²) >= 11 is 1.48. The van der Waals surface area contributed by atoms with E-state index < -0.39 is 0 Å². The third-order valence-corrected chi connectivity index (χ3v) is 3.56. The van der Waals surface area contributed by atoms with E-state index in [2.05, 4.69) is 19.9 Å². The Morgan fingerprint density at radius 2 is 2.00 bits per heavy atom. The number of anilines is 2. The van der Waals surface area contributed by atoms with Gasteiger partial charge in [0.25, 0.3) is 0 Å². The van der Waals surface area contributed by atoms with Crippen molar-refractivity contribution in [2.24, 2.45) is 0 Å². The second-order valence-electron chi connectivity index (χ2n) is 4.32. The molecule has 0 spiro atoms. The average molecular weight is 274 g/mol. The van der Waals surface area contributed by atoms with Gasteiger partial charge in [-0.15, -0.1) is 11.3 Å². The van der Waals surface area contributed by atoms with Crippen LogP contribution < -0.4 is 11.5 Å². The number of nitrogen functional groups attached to an aromatic ring is 2. The highest BCUT2D eigenvalue weighted by Gasteiger charge is 2.05. The van der Waals surface area contributed by atoms with Crippen molar-refractivity contribution in [2.45, 2.75) is 19.3 Å². The lowest BCUT2D eigenvalue weighted by atomic mass is 10.2. The first-order valence-corrected chi connectivity index (χ1v) is 6.89. The van der Waals surface area contributed by atoms with Crippen molar-refractivity contribution in [2.75, 3.05) is 11.5 Å². The van der Waals surface area contributed by atoms with Gasteiger partial charge in [0.15, 0.2) is 10.8 Å². The maximum absolute atomic E-state index is 5.63. The molecule has 0 aliphatic rings. The van der Waals surface area contributed by atoms with Crippen molar-refractivity contribution >= 4 is 33.5 Å². The first-order valence-electron chi connectivity index (χ1n) is 6.02. The molecule has 19 heavy (non-hydrogen) atoms. The quantitative estimate of drug-likeness (QED) is 0.672. The monoisotopic (exact) mass is 274 g/mol. The summed E-state index contributed by atoms with van der Waals surface area (Å²) in [6.45, 7) is 0. The van der Waals surface area contributed by atoms with E-state index >= 15 is 0 Å². The first-order chi connectivity index (χ1) is 9.20. The van der Waals surface area contributed by atoms with Crippen LogP contribution in [0.5, 0.6) is 0 Å². The van der Waals surface area contributed by atoms with E-state index in [9.17, 15) is 0 Å². The Hall–Kier alpha value is -2.15. The highest BCUT2D eigenvalue weighted by atomic mass is 32.1. The second-order valence-corrected chi connectivity index (χ2v) is 5.21. The summed E-state index contributed by atoms with van der Waals surface area (Å²) in [7, 11) is 0. The number of nitrogens with two attached hydrogens (primary N) is 2. The van der Waals surface area contributed by atoms with E-state index in [0.717, 1.165) is 36.3 Å². The van der Waals surface area contributed by atoms with Gasteiger partial charge in [-0.2, -0.15) is 0 Å². The molecule has 0 amide bonds. The largest absolute Gasteiger partial charge is 0.384 e. The lowest BCUT2D eigenvalue weighted by Gasteiger charge is -1.95. The van der Waals surface area contributed by atoms with E-state index in [4.69, 9.17) is 11.5 Å². The van der Waals surface area contributed by atoms with Crippen molar-refractivity contribution in [3.63, 3.8) is 0 Å². The SMILES string of the molecule is Nc1ccc2[nH]c(CCCc3csc(N)n3)nc2n1. The molecule has 7 heteroatoms. The summed E-state index contributed by atoms with van der Waals surface area (Å²) in [6.07, 6.45) is 2.73. The van der Waals surface area contributed by atoms with Gasteiger partial charge in [-0.25, -0.2) is 15.0 Å². The van der Waals surface area contributed by atoms with Crippen LogP contribution in [-0.4, -0.2) is 19.9 Å². The highest BCUT2D eigenvalue weighted by molar-refractivity contribution is 7.13. The van der Waals surface area contributed by atoms with Gasteiger partial charge in [-0.05, 0) is 25.0 Å². The zero-order valence-electron chi connectivity index (χ0n) is 10.3. The number of nitrogens with zero attached hydrogens (tertiary/aromatic N) is 3. The summed E-state index contributed by atoms with van der Waals surface area (Å²) in [5.41, 5.74) is 13.9. The molecule has 0 bridgehead atoms. The van der Waals surface area contributed by atoms with Crippen LogP contribution in [0.25, 0.3) is 11.2 Å². The molecular formula is C12H14N6S. The van der Waals surface area contributed by atoms with Gasteiger partial charge in [0, 0.05) is 11.8 Å². The number of thiazole rings is 1. The van der Waals surface area contributed by atoms with Gasteiger partial charge >= 0.3 is 0 Å². The predicted octanol–water partition coefficient (Wildman–Crippen LogP) is 1.75. The molecule has 6 nitrogen and oxygen atoms in total. The number of aromatic nitrogens is 4. The zero-order chi connectivity index (χ0) is 13.2. The molecule has 0 unspecified atom stereocenters. The highest BCUT2D eigenvalue weighted by Crippen LogP contribution is 2.15. The van der Waals surface area contributed by atoms with Gasteiger partial charge in [-0.3, -0.25) is 0 Å². The minimum Gasteiger partial charge on any atom is -0.384 e. The Morgan fingerprint density at radius 3 is 2.79 bits per heavy atom. The second kappa shape index (κ2) is 4.85. The molecule has 3 heterocycles. The third kappa shape index (κ3) is 2.65. The number of hydrogen-bond donors (Lipinski definition) is 3. The summed E-state index contributed by atoms with van der Waals surface area (Å²) in [4.78, 5) is 16.1. The lowest BCUT2D eigenvalue weighted by molar-refractivity contribution is 0.774. The smallest absolute Gasteiger partial charge is 0.180 e. The molecule has 0 aliphatic carbocycles. The van der Waals surface area contributed by atoms with E-state index in [-0.39, 0.29) is 0 Å². The van der Waals surface area contributed by atoms with Crippen LogP contribution in [0, 0.1) is 0 Å². The fraction of sp³-hybridized carbons (Fsp3) is 0.250. The van der Waals surface area contributed by atoms with Gasteiger partial charge in [0.2, 0.25) is 0 Å². The molecule has 0 atom stereocenters. The van der Waals surface area contributed by atoms with E-state index in [0.29, 0.717) is 16.6 Å². The van der Waals surface area contributed by atoms with Crippen LogP contribution in [0.4, 0.5) is 10.9 Å². The Balaban J connectivity index is 1.65. The van der Waals surface area contributed by atoms with Crippen molar-refractivity contribution in [1.82, 2.24) is 19.9 Å². The van der Waals surface area contributed by atoms with Crippen LogP contribution in [0.2, 0.25) is 0 Å². The standard InChI is InChI=1S/C12H14N6S/c13-9-5-4-8-11(17-9)18-10(16-8)3-1-2-7-6-19-12(14)15-7/h4-6H,1-3H2,(H2,14,15)(H3,13,16,17,18). The summed E-state index contributed by atoms with van der Waals surface area (Å²) in [5.74, 6) is 1.42. The minimum atomic E-state index is 0.489. The van der Waals surface area contributed by atoms with Gasteiger partial charge < -0.3 is 16.5 Å². The van der Waals surface area contributed by atoms with E-state index in [1.165, 1.54) is 11.3 Å². The Labute approximate surface area is 113 Å². The van der Waals surface area contributed by atoms with E-state index in [1.54, 1.807) is 6.07 Å². The molecule has 98 valence electrons. The number of aromatic amines is 1. The number of aryl methyl sites for hydroxylation is 2. The lowest BCUT2D eigenvalue weighted by Crippen LogP contribution is -1.93. The minimum absolute atomic E-state index is 0.489. The third-order valence-electron chi connectivity index (χ3n) is 2.83. The molecule has 0 saturated carbocycles. The number of hydrogen-bond acceptors (Lipinski definition) is 6. The maximum Gasteiger partial charge on any atom is 0.180 e. The molecule has 0 aliphatic heterocycles. The van der Waals surface area contributed by atoms with Crippen molar-refractivity contribution in [3.05, 3.63) is 29.0 Å². The molecule has 0 fully saturated rings. The normalized spacial score (nSPS) is 11.2. The number of nitrogens with one attached hydrogen (secondary N) is 1. The molecular weight excluding hydrogens is 260 g/mol. The van der Waals surface area contributed by atoms with Crippen molar-refractivity contribution in [3.8, 4) is 0 Å². The Morgan fingerprint density at radius 1 is 1.11 bits per heavy atom.